The van der Waals surface area contributed by atoms with Gasteiger partial charge in [-0.1, -0.05) is 0 Å². The highest BCUT2D eigenvalue weighted by atomic mass is 79.9. The molecular formula is C25H18BrF7N6O3. The number of carboxylic acid groups (broad SMARTS) is 1. The van der Waals surface area contributed by atoms with Crippen LogP contribution < -0.4 is 5.73 Å². The molecule has 0 aliphatic carbocycles. The van der Waals surface area contributed by atoms with E-state index in [1.54, 1.807) is 19.1 Å². The van der Waals surface area contributed by atoms with Gasteiger partial charge in [0.25, 0.3) is 5.91 Å². The Morgan fingerprint density at radius 2 is 1.71 bits per heavy atom. The maximum absolute atomic E-state index is 14.5. The second-order valence-corrected chi connectivity index (χ2v) is 9.30. The Labute approximate surface area is 240 Å². The van der Waals surface area contributed by atoms with Crippen molar-refractivity contribution in [1.82, 2.24) is 24.8 Å². The first-order chi connectivity index (χ1) is 19.5. The first-order valence-electron chi connectivity index (χ1n) is 11.4. The highest BCUT2D eigenvalue weighted by molar-refractivity contribution is 9.10. The van der Waals surface area contributed by atoms with Crippen molar-refractivity contribution < 1.29 is 45.4 Å². The number of anilines is 1. The average molecular weight is 663 g/mol. The van der Waals surface area contributed by atoms with E-state index in [-0.39, 0.29) is 29.3 Å². The van der Waals surface area contributed by atoms with Crippen LogP contribution in [0.5, 0.6) is 0 Å². The molecule has 0 aromatic carbocycles. The number of rotatable bonds is 5. The topological polar surface area (TPSA) is 135 Å². The second kappa shape index (κ2) is 12.6. The molecule has 4 rings (SSSR count). The van der Waals surface area contributed by atoms with Gasteiger partial charge in [-0.05, 0) is 59.3 Å². The minimum Gasteiger partial charge on any atom is -0.475 e. The van der Waals surface area contributed by atoms with Gasteiger partial charge in [-0.2, -0.15) is 26.3 Å². The van der Waals surface area contributed by atoms with Crippen LogP contribution in [0.1, 0.15) is 40.3 Å². The summed E-state index contributed by atoms with van der Waals surface area (Å²) in [4.78, 5) is 40.0. The van der Waals surface area contributed by atoms with E-state index in [0.29, 0.717) is 21.7 Å². The smallest absolute Gasteiger partial charge is 0.475 e. The first-order valence-corrected chi connectivity index (χ1v) is 12.2. The molecule has 0 unspecified atom stereocenters. The fourth-order valence-electron chi connectivity index (χ4n) is 3.43. The third-order valence-corrected chi connectivity index (χ3v) is 6.17. The molecular weight excluding hydrogens is 645 g/mol. The SMILES string of the molecule is C[C@H](c1ncccc1F)N(Cc1ccc(C(F)(F)F)cn1)C(=O)c1cnc2nc(N)c(Br)cc2c1.O=C(O)C(F)(F)F. The lowest BCUT2D eigenvalue weighted by atomic mass is 10.1. The zero-order valence-corrected chi connectivity index (χ0v) is 22.7. The van der Waals surface area contributed by atoms with Gasteiger partial charge in [-0.3, -0.25) is 14.8 Å². The largest absolute Gasteiger partial charge is 0.490 e. The van der Waals surface area contributed by atoms with Crippen molar-refractivity contribution in [3.05, 3.63) is 87.8 Å². The van der Waals surface area contributed by atoms with Crippen molar-refractivity contribution in [2.45, 2.75) is 31.9 Å². The number of aromatic nitrogens is 4. The standard InChI is InChI=1S/C23H17BrF4N6O.C2HF3O2/c1-12(19-18(25)3-2-6-30-19)34(11-16-5-4-15(10-31-16)23(26,27)28)22(35)14-7-13-8-17(24)20(29)33-21(13)32-9-14;3-2(4,5)1(6)7/h2-10,12H,11H2,1H3,(H2,29,32,33);(H,6,7)/t12-;/m1./s1. The Morgan fingerprint density at radius 3 is 2.26 bits per heavy atom. The van der Waals surface area contributed by atoms with Crippen LogP contribution in [0.4, 0.5) is 36.6 Å². The van der Waals surface area contributed by atoms with E-state index >= 15 is 0 Å². The van der Waals surface area contributed by atoms with E-state index < -0.39 is 41.7 Å². The predicted octanol–water partition coefficient (Wildman–Crippen LogP) is 5.96. The molecule has 0 saturated carbocycles. The van der Waals surface area contributed by atoms with Crippen molar-refractivity contribution >= 4 is 44.7 Å². The molecule has 0 spiro atoms. The third-order valence-electron chi connectivity index (χ3n) is 5.53. The van der Waals surface area contributed by atoms with Gasteiger partial charge < -0.3 is 15.7 Å². The summed E-state index contributed by atoms with van der Waals surface area (Å²) in [6, 6.07) is 7.01. The van der Waals surface area contributed by atoms with Crippen molar-refractivity contribution in [2.75, 3.05) is 5.73 Å². The summed E-state index contributed by atoms with van der Waals surface area (Å²) in [5.41, 5.74) is 5.52. The van der Waals surface area contributed by atoms with E-state index in [1.165, 1.54) is 35.5 Å². The van der Waals surface area contributed by atoms with Crippen molar-refractivity contribution in [1.29, 1.82) is 0 Å². The molecule has 0 aliphatic rings. The molecule has 0 fully saturated rings. The number of fused-ring (bicyclic) bond motifs is 1. The average Bonchev–Trinajstić information content (AvgIpc) is 2.91. The summed E-state index contributed by atoms with van der Waals surface area (Å²) in [5.74, 6) is -3.70. The molecule has 1 atom stereocenters. The molecule has 42 heavy (non-hydrogen) atoms. The number of nitrogen functional groups attached to an aromatic ring is 1. The van der Waals surface area contributed by atoms with Crippen LogP contribution >= 0.6 is 15.9 Å². The van der Waals surface area contributed by atoms with E-state index in [4.69, 9.17) is 15.6 Å². The molecule has 4 aromatic heterocycles. The molecule has 17 heteroatoms. The summed E-state index contributed by atoms with van der Waals surface area (Å²) in [6.07, 6.45) is -6.25. The number of carbonyl (C=O) groups is 2. The number of carbonyl (C=O) groups excluding carboxylic acids is 1. The second-order valence-electron chi connectivity index (χ2n) is 8.44. The number of pyridine rings is 4. The zero-order chi connectivity index (χ0) is 31.4. The van der Waals surface area contributed by atoms with Crippen LogP contribution in [0.3, 0.4) is 0 Å². The molecule has 0 saturated heterocycles. The number of hydrogen-bond acceptors (Lipinski definition) is 7. The van der Waals surface area contributed by atoms with Gasteiger partial charge in [-0.15, -0.1) is 0 Å². The van der Waals surface area contributed by atoms with Gasteiger partial charge in [0.2, 0.25) is 0 Å². The minimum atomic E-state index is -5.08. The molecule has 0 radical (unpaired) electrons. The van der Waals surface area contributed by atoms with Crippen molar-refractivity contribution in [3.8, 4) is 0 Å². The van der Waals surface area contributed by atoms with Crippen LogP contribution in [0, 0.1) is 5.82 Å². The van der Waals surface area contributed by atoms with E-state index in [2.05, 4.69) is 35.9 Å². The van der Waals surface area contributed by atoms with Crippen molar-refractivity contribution in [3.63, 3.8) is 0 Å². The molecule has 222 valence electrons. The van der Waals surface area contributed by atoms with Gasteiger partial charge in [0.1, 0.15) is 11.6 Å². The Hall–Kier alpha value is -4.41. The number of hydrogen-bond donors (Lipinski definition) is 2. The molecule has 1 amide bonds. The maximum Gasteiger partial charge on any atom is 0.490 e. The number of amides is 1. The maximum atomic E-state index is 14.5. The fraction of sp³-hybridized carbons (Fsp3) is 0.200. The lowest BCUT2D eigenvalue weighted by Gasteiger charge is -2.29. The molecule has 9 nitrogen and oxygen atoms in total. The van der Waals surface area contributed by atoms with Gasteiger partial charge in [0.05, 0.1) is 39.6 Å². The number of carboxylic acids is 1. The normalized spacial score (nSPS) is 12.3. The quantitative estimate of drug-likeness (QED) is 0.250. The lowest BCUT2D eigenvalue weighted by molar-refractivity contribution is -0.192. The van der Waals surface area contributed by atoms with Crippen LogP contribution in [-0.4, -0.2) is 48.0 Å². The first kappa shape index (κ1) is 32.1. The lowest BCUT2D eigenvalue weighted by Crippen LogP contribution is -2.34. The number of nitrogens with two attached hydrogens (primary N) is 1. The molecule has 4 heterocycles. The monoisotopic (exact) mass is 662 g/mol. The van der Waals surface area contributed by atoms with Gasteiger partial charge in [0, 0.05) is 24.0 Å². The number of halogens is 8. The summed E-state index contributed by atoms with van der Waals surface area (Å²) in [5, 5.41) is 7.65. The Balaban J connectivity index is 0.000000616. The summed E-state index contributed by atoms with van der Waals surface area (Å²) in [7, 11) is 0. The Morgan fingerprint density at radius 1 is 1.05 bits per heavy atom. The molecule has 4 aromatic rings. The molecule has 0 aliphatic heterocycles. The fourth-order valence-corrected chi connectivity index (χ4v) is 3.77. The predicted molar refractivity (Wildman–Crippen MR) is 137 cm³/mol. The third kappa shape index (κ3) is 7.86. The molecule has 0 bridgehead atoms. The highest BCUT2D eigenvalue weighted by Gasteiger charge is 2.38. The van der Waals surface area contributed by atoms with Crippen LogP contribution in [0.2, 0.25) is 0 Å². The number of nitrogens with zero attached hydrogens (tertiary/aromatic N) is 5. The minimum absolute atomic E-state index is 0.00121. The highest BCUT2D eigenvalue weighted by Crippen LogP contribution is 2.30. The van der Waals surface area contributed by atoms with Crippen LogP contribution in [-0.2, 0) is 17.5 Å². The van der Waals surface area contributed by atoms with Gasteiger partial charge in [-0.25, -0.2) is 19.2 Å². The summed E-state index contributed by atoms with van der Waals surface area (Å²) < 4.78 is 85.5. The van der Waals surface area contributed by atoms with Gasteiger partial charge in [0.15, 0.2) is 5.65 Å². The van der Waals surface area contributed by atoms with E-state index in [0.717, 1.165) is 6.07 Å². The summed E-state index contributed by atoms with van der Waals surface area (Å²) in [6.45, 7) is 1.37. The van der Waals surface area contributed by atoms with Crippen LogP contribution in [0.15, 0.2) is 59.5 Å². The zero-order valence-electron chi connectivity index (χ0n) is 21.1. The van der Waals surface area contributed by atoms with E-state index in [9.17, 15) is 35.5 Å². The Bertz CT molecular complexity index is 1600. The van der Waals surface area contributed by atoms with E-state index in [1.807, 2.05) is 0 Å². The summed E-state index contributed by atoms with van der Waals surface area (Å²) >= 11 is 3.28. The van der Waals surface area contributed by atoms with Gasteiger partial charge >= 0.3 is 18.3 Å². The van der Waals surface area contributed by atoms with Crippen molar-refractivity contribution in [2.24, 2.45) is 0 Å². The van der Waals surface area contributed by atoms with Crippen LogP contribution in [0.25, 0.3) is 11.0 Å². The number of aliphatic carboxylic acids is 1. The molecule has 3 N–H and O–H groups in total. The number of alkyl halides is 6. The Kier molecular flexibility index (Phi) is 9.65.